The van der Waals surface area contributed by atoms with Gasteiger partial charge in [0.2, 0.25) is 11.8 Å². The van der Waals surface area contributed by atoms with E-state index < -0.39 is 6.04 Å². The summed E-state index contributed by atoms with van der Waals surface area (Å²) < 4.78 is 10.7. The largest absolute Gasteiger partial charge is 0.497 e. The maximum atomic E-state index is 13.8. The third-order valence-electron chi connectivity index (χ3n) is 6.57. The minimum Gasteiger partial charge on any atom is -0.497 e. The maximum absolute atomic E-state index is 13.8. The molecule has 1 saturated carbocycles. The van der Waals surface area contributed by atoms with Crippen molar-refractivity contribution in [3.05, 3.63) is 53.6 Å². The van der Waals surface area contributed by atoms with Crippen LogP contribution in [0.5, 0.6) is 11.5 Å². The second-order valence-corrected chi connectivity index (χ2v) is 8.92. The highest BCUT2D eigenvalue weighted by molar-refractivity contribution is 6.02. The van der Waals surface area contributed by atoms with E-state index in [1.807, 2.05) is 25.1 Å². The van der Waals surface area contributed by atoms with Crippen LogP contribution in [-0.2, 0) is 9.59 Å². The fraction of sp³-hybridized carbons (Fsp3) is 0.423. The lowest BCUT2D eigenvalue weighted by molar-refractivity contribution is -0.135. The number of carbonyl (C=O) groups is 3. The van der Waals surface area contributed by atoms with Gasteiger partial charge in [0.15, 0.2) is 0 Å². The van der Waals surface area contributed by atoms with E-state index >= 15 is 0 Å². The minimum absolute atomic E-state index is 0.117. The second kappa shape index (κ2) is 10.2. The van der Waals surface area contributed by atoms with Gasteiger partial charge < -0.3 is 25.0 Å². The summed E-state index contributed by atoms with van der Waals surface area (Å²) in [6.45, 7) is 1.94. The summed E-state index contributed by atoms with van der Waals surface area (Å²) in [5.74, 6) is 0.0419. The Bertz CT molecular complexity index is 1060. The predicted molar refractivity (Wildman–Crippen MR) is 128 cm³/mol. The van der Waals surface area contributed by atoms with Crippen molar-refractivity contribution in [3.8, 4) is 11.5 Å². The van der Waals surface area contributed by atoms with E-state index in [1.165, 1.54) is 14.2 Å². The lowest BCUT2D eigenvalue weighted by atomic mass is 9.84. The molecule has 2 aromatic rings. The van der Waals surface area contributed by atoms with E-state index in [2.05, 4.69) is 10.6 Å². The van der Waals surface area contributed by atoms with Crippen LogP contribution in [0.3, 0.4) is 0 Å². The van der Waals surface area contributed by atoms with Crippen molar-refractivity contribution in [2.24, 2.45) is 0 Å². The molecule has 34 heavy (non-hydrogen) atoms. The van der Waals surface area contributed by atoms with Crippen molar-refractivity contribution >= 4 is 23.4 Å². The lowest BCUT2D eigenvalue weighted by Gasteiger charge is -2.48. The SMILES string of the molecule is COc1cc(OC)cc(C(=O)N2C(CC(=O)Nc3cccc(C)c3)C(=O)NC3CCCCC32)c1. The van der Waals surface area contributed by atoms with Gasteiger partial charge in [-0.25, -0.2) is 0 Å². The monoisotopic (exact) mass is 465 g/mol. The Labute approximate surface area is 199 Å². The van der Waals surface area contributed by atoms with Gasteiger partial charge in [0.05, 0.1) is 26.7 Å². The molecule has 1 heterocycles. The molecular formula is C26H31N3O5. The molecule has 2 fully saturated rings. The number of nitrogens with zero attached hydrogens (tertiary/aromatic N) is 1. The number of rotatable bonds is 6. The van der Waals surface area contributed by atoms with Gasteiger partial charge in [0.1, 0.15) is 17.5 Å². The molecule has 1 aliphatic heterocycles. The van der Waals surface area contributed by atoms with Crippen LogP contribution in [0, 0.1) is 6.92 Å². The number of fused-ring (bicyclic) bond motifs is 1. The van der Waals surface area contributed by atoms with Crippen molar-refractivity contribution in [1.29, 1.82) is 0 Å². The Balaban J connectivity index is 1.64. The molecule has 3 unspecified atom stereocenters. The summed E-state index contributed by atoms with van der Waals surface area (Å²) in [5, 5.41) is 5.93. The smallest absolute Gasteiger partial charge is 0.255 e. The molecule has 1 saturated heterocycles. The molecule has 0 radical (unpaired) electrons. The first-order valence-corrected chi connectivity index (χ1v) is 11.6. The van der Waals surface area contributed by atoms with Crippen molar-refractivity contribution in [2.75, 3.05) is 19.5 Å². The Morgan fingerprint density at radius 1 is 1.06 bits per heavy atom. The van der Waals surface area contributed by atoms with Gasteiger partial charge in [-0.3, -0.25) is 14.4 Å². The molecule has 0 bridgehead atoms. The summed E-state index contributed by atoms with van der Waals surface area (Å²) in [7, 11) is 3.04. The number of hydrogen-bond acceptors (Lipinski definition) is 5. The molecule has 0 aromatic heterocycles. The van der Waals surface area contributed by atoms with E-state index in [0.29, 0.717) is 22.7 Å². The molecule has 1 aliphatic carbocycles. The highest BCUT2D eigenvalue weighted by Gasteiger charge is 2.46. The molecule has 8 nitrogen and oxygen atoms in total. The van der Waals surface area contributed by atoms with E-state index in [4.69, 9.17) is 9.47 Å². The number of nitrogens with one attached hydrogen (secondary N) is 2. The number of anilines is 1. The summed E-state index contributed by atoms with van der Waals surface area (Å²) in [5.41, 5.74) is 2.04. The Morgan fingerprint density at radius 3 is 2.44 bits per heavy atom. The maximum Gasteiger partial charge on any atom is 0.255 e. The summed E-state index contributed by atoms with van der Waals surface area (Å²) >= 11 is 0. The number of benzene rings is 2. The van der Waals surface area contributed by atoms with Crippen molar-refractivity contribution in [2.45, 2.75) is 57.2 Å². The third kappa shape index (κ3) is 5.00. The van der Waals surface area contributed by atoms with Crippen LogP contribution in [0.15, 0.2) is 42.5 Å². The van der Waals surface area contributed by atoms with Crippen molar-refractivity contribution in [3.63, 3.8) is 0 Å². The van der Waals surface area contributed by atoms with Gasteiger partial charge in [-0.15, -0.1) is 0 Å². The molecule has 3 atom stereocenters. The highest BCUT2D eigenvalue weighted by Crippen LogP contribution is 2.32. The van der Waals surface area contributed by atoms with Gasteiger partial charge >= 0.3 is 0 Å². The molecule has 180 valence electrons. The van der Waals surface area contributed by atoms with E-state index in [-0.39, 0.29) is 36.2 Å². The van der Waals surface area contributed by atoms with Crippen molar-refractivity contribution in [1.82, 2.24) is 10.2 Å². The summed E-state index contributed by atoms with van der Waals surface area (Å²) in [4.78, 5) is 41.5. The number of hydrogen-bond donors (Lipinski definition) is 2. The molecule has 3 amide bonds. The Morgan fingerprint density at radius 2 is 1.76 bits per heavy atom. The fourth-order valence-electron chi connectivity index (χ4n) is 4.92. The van der Waals surface area contributed by atoms with Gasteiger partial charge in [-0.1, -0.05) is 25.0 Å². The normalized spacial score (nSPS) is 21.8. The highest BCUT2D eigenvalue weighted by atomic mass is 16.5. The zero-order valence-electron chi connectivity index (χ0n) is 19.8. The van der Waals surface area contributed by atoms with Crippen LogP contribution in [0.2, 0.25) is 0 Å². The topological polar surface area (TPSA) is 97.0 Å². The van der Waals surface area contributed by atoms with E-state index in [0.717, 1.165) is 31.2 Å². The van der Waals surface area contributed by atoms with Crippen LogP contribution in [0.1, 0.15) is 48.0 Å². The third-order valence-corrected chi connectivity index (χ3v) is 6.57. The van der Waals surface area contributed by atoms with Gasteiger partial charge in [-0.05, 0) is 49.6 Å². The second-order valence-electron chi connectivity index (χ2n) is 8.92. The first-order valence-electron chi connectivity index (χ1n) is 11.6. The molecule has 4 rings (SSSR count). The summed E-state index contributed by atoms with van der Waals surface area (Å²) in [6.07, 6.45) is 3.41. The molecule has 2 aromatic carbocycles. The quantitative estimate of drug-likeness (QED) is 0.682. The first kappa shape index (κ1) is 23.6. The minimum atomic E-state index is -0.908. The van der Waals surface area contributed by atoms with Gasteiger partial charge in [0, 0.05) is 23.4 Å². The molecule has 0 spiro atoms. The zero-order valence-corrected chi connectivity index (χ0v) is 19.8. The van der Waals surface area contributed by atoms with Crippen LogP contribution < -0.4 is 20.1 Å². The molecule has 2 aliphatic rings. The lowest BCUT2D eigenvalue weighted by Crippen LogP contribution is -2.68. The molecule has 8 heteroatoms. The number of methoxy groups -OCH3 is 2. The average molecular weight is 466 g/mol. The fourth-order valence-corrected chi connectivity index (χ4v) is 4.92. The number of carbonyl (C=O) groups excluding carboxylic acids is 3. The van der Waals surface area contributed by atoms with Crippen molar-refractivity contribution < 1.29 is 23.9 Å². The Kier molecular flexibility index (Phi) is 7.05. The number of aryl methyl sites for hydroxylation is 1. The van der Waals surface area contributed by atoms with Crippen LogP contribution >= 0.6 is 0 Å². The predicted octanol–water partition coefficient (Wildman–Crippen LogP) is 3.29. The number of ether oxygens (including phenoxy) is 2. The Hall–Kier alpha value is -3.55. The van der Waals surface area contributed by atoms with Crippen LogP contribution in [0.4, 0.5) is 5.69 Å². The average Bonchev–Trinajstić information content (AvgIpc) is 2.83. The number of amides is 3. The molecular weight excluding hydrogens is 434 g/mol. The van der Waals surface area contributed by atoms with E-state index in [9.17, 15) is 14.4 Å². The zero-order chi connectivity index (χ0) is 24.2. The van der Waals surface area contributed by atoms with Crippen LogP contribution in [0.25, 0.3) is 0 Å². The van der Waals surface area contributed by atoms with Crippen LogP contribution in [-0.4, -0.2) is 55.0 Å². The van der Waals surface area contributed by atoms with Gasteiger partial charge in [-0.2, -0.15) is 0 Å². The standard InChI is InChI=1S/C26H31N3O5/c1-16-7-6-8-18(11-16)27-24(30)15-23-25(31)28-21-9-4-5-10-22(21)29(23)26(32)17-12-19(33-2)14-20(13-17)34-3/h6-8,11-14,21-23H,4-5,9-10,15H2,1-3H3,(H,27,30)(H,28,31). The number of piperazine rings is 1. The summed E-state index contributed by atoms with van der Waals surface area (Å²) in [6, 6.07) is 11.2. The molecule has 2 N–H and O–H groups in total. The van der Waals surface area contributed by atoms with E-state index in [1.54, 1.807) is 29.2 Å². The van der Waals surface area contributed by atoms with Gasteiger partial charge in [0.25, 0.3) is 5.91 Å². The first-order chi connectivity index (χ1) is 16.4.